The lowest BCUT2D eigenvalue weighted by Crippen LogP contribution is -2.40. The lowest BCUT2D eigenvalue weighted by molar-refractivity contribution is -0.133. The summed E-state index contributed by atoms with van der Waals surface area (Å²) in [5.41, 5.74) is 2.37. The maximum absolute atomic E-state index is 12.2. The highest BCUT2D eigenvalue weighted by Gasteiger charge is 2.22. The molecule has 0 saturated carbocycles. The Bertz CT molecular complexity index is 494. The standard InChI is InChI=1S/C18H28N2O2/c1-14-5-4-6-17(15(14)2)22-12-9-18(21)20-10-7-16(8-11-20)13-19-3/h4-6,16,19H,7-13H2,1-3H3. The van der Waals surface area contributed by atoms with Gasteiger partial charge in [-0.25, -0.2) is 0 Å². The topological polar surface area (TPSA) is 41.6 Å². The van der Waals surface area contributed by atoms with Crippen LogP contribution in [0.25, 0.3) is 0 Å². The van der Waals surface area contributed by atoms with Gasteiger partial charge in [0.1, 0.15) is 5.75 Å². The molecule has 1 aromatic carbocycles. The Hall–Kier alpha value is -1.55. The Kier molecular flexibility index (Phi) is 6.25. The van der Waals surface area contributed by atoms with E-state index in [0.717, 1.165) is 43.8 Å². The normalized spacial score (nSPS) is 15.9. The summed E-state index contributed by atoms with van der Waals surface area (Å²) >= 11 is 0. The molecule has 2 rings (SSSR count). The third kappa shape index (κ3) is 4.47. The number of carbonyl (C=O) groups is 1. The van der Waals surface area contributed by atoms with E-state index < -0.39 is 0 Å². The van der Waals surface area contributed by atoms with Crippen LogP contribution in [0.2, 0.25) is 0 Å². The van der Waals surface area contributed by atoms with Gasteiger partial charge in [-0.15, -0.1) is 0 Å². The zero-order valence-corrected chi connectivity index (χ0v) is 14.0. The Morgan fingerprint density at radius 2 is 2.05 bits per heavy atom. The number of piperidine rings is 1. The molecule has 1 amide bonds. The van der Waals surface area contributed by atoms with Gasteiger partial charge in [0.2, 0.25) is 5.91 Å². The maximum Gasteiger partial charge on any atom is 0.225 e. The van der Waals surface area contributed by atoms with E-state index in [4.69, 9.17) is 4.74 Å². The van der Waals surface area contributed by atoms with Gasteiger partial charge >= 0.3 is 0 Å². The van der Waals surface area contributed by atoms with Crippen molar-refractivity contribution in [3.63, 3.8) is 0 Å². The van der Waals surface area contributed by atoms with Gasteiger partial charge in [-0.2, -0.15) is 0 Å². The van der Waals surface area contributed by atoms with Crippen molar-refractivity contribution in [2.45, 2.75) is 33.1 Å². The van der Waals surface area contributed by atoms with E-state index in [1.54, 1.807) is 0 Å². The highest BCUT2D eigenvalue weighted by atomic mass is 16.5. The average Bonchev–Trinajstić information content (AvgIpc) is 2.52. The van der Waals surface area contributed by atoms with Gasteiger partial charge in [0.25, 0.3) is 0 Å². The van der Waals surface area contributed by atoms with Crippen LogP contribution in [0.15, 0.2) is 18.2 Å². The highest BCUT2D eigenvalue weighted by Crippen LogP contribution is 2.21. The summed E-state index contributed by atoms with van der Waals surface area (Å²) in [6, 6.07) is 6.03. The third-order valence-electron chi connectivity index (χ3n) is 4.59. The van der Waals surface area contributed by atoms with Gasteiger partial charge < -0.3 is 15.0 Å². The molecule has 0 aromatic heterocycles. The average molecular weight is 304 g/mol. The summed E-state index contributed by atoms with van der Waals surface area (Å²) in [6.07, 6.45) is 2.67. The highest BCUT2D eigenvalue weighted by molar-refractivity contribution is 5.76. The van der Waals surface area contributed by atoms with E-state index in [9.17, 15) is 4.79 Å². The third-order valence-corrected chi connectivity index (χ3v) is 4.59. The number of likely N-dealkylation sites (tertiary alicyclic amines) is 1. The first-order valence-electron chi connectivity index (χ1n) is 8.23. The lowest BCUT2D eigenvalue weighted by atomic mass is 9.97. The number of aryl methyl sites for hydroxylation is 1. The summed E-state index contributed by atoms with van der Waals surface area (Å²) < 4.78 is 5.78. The molecule has 0 radical (unpaired) electrons. The molecule has 1 N–H and O–H groups in total. The molecule has 22 heavy (non-hydrogen) atoms. The number of benzene rings is 1. The Morgan fingerprint density at radius 3 is 2.73 bits per heavy atom. The molecular formula is C18H28N2O2. The fraction of sp³-hybridized carbons (Fsp3) is 0.611. The van der Waals surface area contributed by atoms with Crippen molar-refractivity contribution < 1.29 is 9.53 Å². The summed E-state index contributed by atoms with van der Waals surface area (Å²) in [4.78, 5) is 14.2. The number of amides is 1. The molecule has 0 atom stereocenters. The Labute approximate surface area is 133 Å². The van der Waals surface area contributed by atoms with E-state index in [-0.39, 0.29) is 5.91 Å². The number of hydrogen-bond donors (Lipinski definition) is 1. The Morgan fingerprint density at radius 1 is 1.32 bits per heavy atom. The number of hydrogen-bond acceptors (Lipinski definition) is 3. The van der Waals surface area contributed by atoms with Gasteiger partial charge in [-0.3, -0.25) is 4.79 Å². The smallest absolute Gasteiger partial charge is 0.225 e. The lowest BCUT2D eigenvalue weighted by Gasteiger charge is -2.32. The summed E-state index contributed by atoms with van der Waals surface area (Å²) in [7, 11) is 1.99. The molecule has 0 unspecified atom stereocenters. The molecule has 0 bridgehead atoms. The monoisotopic (exact) mass is 304 g/mol. The van der Waals surface area contributed by atoms with Crippen LogP contribution in [-0.4, -0.2) is 44.1 Å². The summed E-state index contributed by atoms with van der Waals surface area (Å²) in [5.74, 6) is 1.81. The van der Waals surface area contributed by atoms with Crippen molar-refractivity contribution in [3.05, 3.63) is 29.3 Å². The van der Waals surface area contributed by atoms with E-state index >= 15 is 0 Å². The van der Waals surface area contributed by atoms with Crippen LogP contribution in [0.1, 0.15) is 30.4 Å². The largest absolute Gasteiger partial charge is 0.493 e. The summed E-state index contributed by atoms with van der Waals surface area (Å²) in [5, 5.41) is 3.22. The van der Waals surface area contributed by atoms with E-state index in [0.29, 0.717) is 18.9 Å². The van der Waals surface area contributed by atoms with Crippen LogP contribution in [0, 0.1) is 19.8 Å². The number of nitrogens with one attached hydrogen (secondary N) is 1. The molecule has 1 heterocycles. The van der Waals surface area contributed by atoms with Crippen molar-refractivity contribution in [1.82, 2.24) is 10.2 Å². The SMILES string of the molecule is CNCC1CCN(C(=O)CCOc2cccc(C)c2C)CC1. The molecule has 1 fully saturated rings. The number of nitrogens with zero attached hydrogens (tertiary/aromatic N) is 1. The first kappa shape index (κ1) is 16.8. The van der Waals surface area contributed by atoms with Gasteiger partial charge in [0, 0.05) is 13.1 Å². The Balaban J connectivity index is 1.73. The van der Waals surface area contributed by atoms with Crippen molar-refractivity contribution >= 4 is 5.91 Å². The molecule has 1 aliphatic rings. The number of ether oxygens (including phenoxy) is 1. The summed E-state index contributed by atoms with van der Waals surface area (Å²) in [6.45, 7) is 7.41. The molecule has 122 valence electrons. The predicted molar refractivity (Wildman–Crippen MR) is 89.3 cm³/mol. The number of rotatable bonds is 6. The number of carbonyl (C=O) groups excluding carboxylic acids is 1. The van der Waals surface area contributed by atoms with Crippen LogP contribution in [0.4, 0.5) is 0 Å². The fourth-order valence-corrected chi connectivity index (χ4v) is 2.96. The maximum atomic E-state index is 12.2. The molecule has 1 saturated heterocycles. The van der Waals surface area contributed by atoms with Crippen molar-refractivity contribution in [2.24, 2.45) is 5.92 Å². The van der Waals surface area contributed by atoms with E-state index in [1.807, 2.05) is 24.1 Å². The van der Waals surface area contributed by atoms with Gasteiger partial charge in [0.15, 0.2) is 0 Å². The molecule has 0 aliphatic carbocycles. The van der Waals surface area contributed by atoms with Crippen molar-refractivity contribution in [1.29, 1.82) is 0 Å². The van der Waals surface area contributed by atoms with Crippen molar-refractivity contribution in [3.8, 4) is 5.75 Å². The minimum atomic E-state index is 0.216. The molecule has 1 aromatic rings. The minimum absolute atomic E-state index is 0.216. The second-order valence-electron chi connectivity index (χ2n) is 6.18. The zero-order chi connectivity index (χ0) is 15.9. The molecule has 0 spiro atoms. The van der Waals surface area contributed by atoms with Crippen molar-refractivity contribution in [2.75, 3.05) is 33.3 Å². The van der Waals surface area contributed by atoms with Gasteiger partial charge in [-0.1, -0.05) is 12.1 Å². The second-order valence-corrected chi connectivity index (χ2v) is 6.18. The van der Waals surface area contributed by atoms with E-state index in [1.165, 1.54) is 5.56 Å². The van der Waals surface area contributed by atoms with Gasteiger partial charge in [-0.05, 0) is 63.4 Å². The fourth-order valence-electron chi connectivity index (χ4n) is 2.96. The van der Waals surface area contributed by atoms with Crippen LogP contribution in [0.5, 0.6) is 5.75 Å². The molecule has 4 heteroatoms. The molecule has 4 nitrogen and oxygen atoms in total. The zero-order valence-electron chi connectivity index (χ0n) is 14.0. The van der Waals surface area contributed by atoms with Crippen LogP contribution >= 0.6 is 0 Å². The molecule has 1 aliphatic heterocycles. The van der Waals surface area contributed by atoms with Crippen LogP contribution in [-0.2, 0) is 4.79 Å². The quantitative estimate of drug-likeness (QED) is 0.878. The predicted octanol–water partition coefficient (Wildman–Crippen LogP) is 2.53. The van der Waals surface area contributed by atoms with Crippen LogP contribution < -0.4 is 10.1 Å². The first-order valence-corrected chi connectivity index (χ1v) is 8.23. The molecular weight excluding hydrogens is 276 g/mol. The van der Waals surface area contributed by atoms with Crippen LogP contribution in [0.3, 0.4) is 0 Å². The first-order chi connectivity index (χ1) is 10.6. The van der Waals surface area contributed by atoms with Gasteiger partial charge in [0.05, 0.1) is 13.0 Å². The van der Waals surface area contributed by atoms with E-state index in [2.05, 4.69) is 25.2 Å². The minimum Gasteiger partial charge on any atom is -0.493 e. The second kappa shape index (κ2) is 8.18.